The average Bonchev–Trinajstić information content (AvgIpc) is 2.55. The largest absolute Gasteiger partial charge is 0.126 e. The maximum Gasteiger partial charge on any atom is 0.00719 e. The number of hydrogen-bond acceptors (Lipinski definition) is 1. The van der Waals surface area contributed by atoms with E-state index < -0.39 is 0 Å². The fraction of sp³-hybridized carbons (Fsp3) is 0.524. The van der Waals surface area contributed by atoms with Crippen LogP contribution >= 0.6 is 11.8 Å². The highest BCUT2D eigenvalue weighted by molar-refractivity contribution is 7.99. The lowest BCUT2D eigenvalue weighted by molar-refractivity contribution is 0.533. The Kier molecular flexibility index (Phi) is 11.9. The molecule has 0 radical (unpaired) electrons. The Labute approximate surface area is 142 Å². The van der Waals surface area contributed by atoms with Crippen molar-refractivity contribution in [3.05, 3.63) is 55.1 Å². The molecule has 1 rings (SSSR count). The van der Waals surface area contributed by atoms with Crippen molar-refractivity contribution < 1.29 is 0 Å². The predicted molar refractivity (Wildman–Crippen MR) is 103 cm³/mol. The Balaban J connectivity index is 2.13. The molecule has 1 unspecified atom stereocenters. The number of unbranched alkanes of at least 4 members (excludes halogenated alkanes) is 4. The van der Waals surface area contributed by atoms with E-state index >= 15 is 0 Å². The minimum absolute atomic E-state index is 0.705. The van der Waals surface area contributed by atoms with Gasteiger partial charge in [0.2, 0.25) is 0 Å². The highest BCUT2D eigenvalue weighted by Crippen LogP contribution is 2.20. The molecule has 0 spiro atoms. The van der Waals surface area contributed by atoms with E-state index in [1.54, 1.807) is 0 Å². The van der Waals surface area contributed by atoms with Gasteiger partial charge >= 0.3 is 0 Å². The SMILES string of the molecule is C=CCC(/C=C\CCCSc1ccccc1)CCCCCC. The van der Waals surface area contributed by atoms with Crippen LogP contribution in [-0.2, 0) is 0 Å². The van der Waals surface area contributed by atoms with Gasteiger partial charge in [0.25, 0.3) is 0 Å². The first kappa shape index (κ1) is 19.1. The van der Waals surface area contributed by atoms with Crippen LogP contribution in [-0.4, -0.2) is 5.75 Å². The molecule has 122 valence electrons. The maximum atomic E-state index is 3.90. The molecule has 0 amide bonds. The minimum atomic E-state index is 0.705. The molecular weight excluding hydrogens is 284 g/mol. The molecule has 0 fully saturated rings. The van der Waals surface area contributed by atoms with E-state index in [0.717, 1.165) is 6.42 Å². The van der Waals surface area contributed by atoms with E-state index in [0.29, 0.717) is 5.92 Å². The lowest BCUT2D eigenvalue weighted by Gasteiger charge is -2.10. The van der Waals surface area contributed by atoms with Gasteiger partial charge in [-0.15, -0.1) is 18.3 Å². The topological polar surface area (TPSA) is 0 Å². The first-order valence-corrected chi connectivity index (χ1v) is 9.80. The number of thioether (sulfide) groups is 1. The summed E-state index contributed by atoms with van der Waals surface area (Å²) in [6.07, 6.45) is 17.2. The fourth-order valence-electron chi connectivity index (χ4n) is 2.54. The van der Waals surface area contributed by atoms with Crippen molar-refractivity contribution in [2.75, 3.05) is 5.75 Å². The zero-order chi connectivity index (χ0) is 15.9. The van der Waals surface area contributed by atoms with Gasteiger partial charge in [0.15, 0.2) is 0 Å². The van der Waals surface area contributed by atoms with Gasteiger partial charge in [0.1, 0.15) is 0 Å². The van der Waals surface area contributed by atoms with Crippen LogP contribution < -0.4 is 0 Å². The molecule has 0 saturated heterocycles. The molecule has 1 heteroatoms. The third-order valence-electron chi connectivity index (χ3n) is 3.83. The zero-order valence-electron chi connectivity index (χ0n) is 14.2. The highest BCUT2D eigenvalue weighted by Gasteiger charge is 2.02. The summed E-state index contributed by atoms with van der Waals surface area (Å²) in [6.45, 7) is 6.17. The number of rotatable bonds is 13. The van der Waals surface area contributed by atoms with Gasteiger partial charge in [-0.3, -0.25) is 0 Å². The lowest BCUT2D eigenvalue weighted by Crippen LogP contribution is -1.95. The summed E-state index contributed by atoms with van der Waals surface area (Å²) in [7, 11) is 0. The first-order chi connectivity index (χ1) is 10.9. The van der Waals surface area contributed by atoms with Crippen LogP contribution in [0.25, 0.3) is 0 Å². The second kappa shape index (κ2) is 13.7. The fourth-order valence-corrected chi connectivity index (χ4v) is 3.43. The van der Waals surface area contributed by atoms with Crippen molar-refractivity contribution in [3.8, 4) is 0 Å². The summed E-state index contributed by atoms with van der Waals surface area (Å²) in [5.41, 5.74) is 0. The molecular formula is C21H32S. The third kappa shape index (κ3) is 9.89. The van der Waals surface area contributed by atoms with Crippen LogP contribution in [0.4, 0.5) is 0 Å². The molecule has 1 aromatic carbocycles. The van der Waals surface area contributed by atoms with Gasteiger partial charge in [-0.2, -0.15) is 0 Å². The molecule has 0 aliphatic carbocycles. The van der Waals surface area contributed by atoms with Gasteiger partial charge in [-0.1, -0.05) is 69.0 Å². The zero-order valence-corrected chi connectivity index (χ0v) is 15.0. The van der Waals surface area contributed by atoms with Gasteiger partial charge in [-0.05, 0) is 49.5 Å². The molecule has 0 nitrogen and oxygen atoms in total. The van der Waals surface area contributed by atoms with E-state index in [1.807, 2.05) is 11.8 Å². The summed E-state index contributed by atoms with van der Waals surface area (Å²) in [5.74, 6) is 1.91. The van der Waals surface area contributed by atoms with Gasteiger partial charge in [-0.25, -0.2) is 0 Å². The Morgan fingerprint density at radius 3 is 2.64 bits per heavy atom. The first-order valence-electron chi connectivity index (χ1n) is 8.82. The molecule has 22 heavy (non-hydrogen) atoms. The highest BCUT2D eigenvalue weighted by atomic mass is 32.2. The maximum absolute atomic E-state index is 3.90. The van der Waals surface area contributed by atoms with E-state index in [9.17, 15) is 0 Å². The van der Waals surface area contributed by atoms with Crippen LogP contribution in [0.2, 0.25) is 0 Å². The molecule has 0 heterocycles. The van der Waals surface area contributed by atoms with Crippen LogP contribution in [0.5, 0.6) is 0 Å². The summed E-state index contributed by atoms with van der Waals surface area (Å²) in [4.78, 5) is 1.38. The van der Waals surface area contributed by atoms with Crippen molar-refractivity contribution >= 4 is 11.8 Å². The molecule has 0 bridgehead atoms. The summed E-state index contributed by atoms with van der Waals surface area (Å²) >= 11 is 1.96. The van der Waals surface area contributed by atoms with Crippen LogP contribution in [0.15, 0.2) is 60.0 Å². The number of allylic oxidation sites excluding steroid dienone is 3. The smallest absolute Gasteiger partial charge is 0.00719 e. The second-order valence-electron chi connectivity index (χ2n) is 5.87. The molecule has 1 aromatic rings. The molecule has 0 saturated carbocycles. The molecule has 0 aliphatic heterocycles. The summed E-state index contributed by atoms with van der Waals surface area (Å²) in [5, 5.41) is 0. The Morgan fingerprint density at radius 2 is 1.91 bits per heavy atom. The monoisotopic (exact) mass is 316 g/mol. The van der Waals surface area contributed by atoms with Crippen LogP contribution in [0.3, 0.4) is 0 Å². The second-order valence-corrected chi connectivity index (χ2v) is 7.03. The molecule has 0 N–H and O–H groups in total. The molecule has 1 atom stereocenters. The lowest BCUT2D eigenvalue weighted by atomic mass is 9.96. The molecule has 0 aromatic heterocycles. The van der Waals surface area contributed by atoms with E-state index in [2.05, 4.69) is 62.1 Å². The van der Waals surface area contributed by atoms with Crippen molar-refractivity contribution in [1.82, 2.24) is 0 Å². The van der Waals surface area contributed by atoms with Gasteiger partial charge < -0.3 is 0 Å². The van der Waals surface area contributed by atoms with E-state index in [4.69, 9.17) is 0 Å². The van der Waals surface area contributed by atoms with Crippen molar-refractivity contribution in [1.29, 1.82) is 0 Å². The summed E-state index contributed by atoms with van der Waals surface area (Å²) < 4.78 is 0. The standard InChI is InChI=1S/C21H32S/c1-3-5-6-9-15-20(14-4-2)16-10-8-13-19-22-21-17-11-7-12-18-21/h4,7,10-12,16-18,20H,2-3,5-6,8-9,13-15,19H2,1H3/b16-10-. The summed E-state index contributed by atoms with van der Waals surface area (Å²) in [6, 6.07) is 10.7. The minimum Gasteiger partial charge on any atom is -0.126 e. The van der Waals surface area contributed by atoms with Gasteiger partial charge in [0.05, 0.1) is 0 Å². The average molecular weight is 317 g/mol. The van der Waals surface area contributed by atoms with E-state index in [1.165, 1.54) is 55.6 Å². The quantitative estimate of drug-likeness (QED) is 0.209. The van der Waals surface area contributed by atoms with Crippen LogP contribution in [0.1, 0.15) is 58.3 Å². The Bertz CT molecular complexity index is 394. The van der Waals surface area contributed by atoms with Crippen LogP contribution in [0, 0.1) is 5.92 Å². The van der Waals surface area contributed by atoms with Crippen molar-refractivity contribution in [2.45, 2.75) is 63.2 Å². The Morgan fingerprint density at radius 1 is 1.09 bits per heavy atom. The van der Waals surface area contributed by atoms with E-state index in [-0.39, 0.29) is 0 Å². The predicted octanol–water partition coefficient (Wildman–Crippen LogP) is 7.28. The normalized spacial score (nSPS) is 12.6. The van der Waals surface area contributed by atoms with Crippen molar-refractivity contribution in [3.63, 3.8) is 0 Å². The Hall–Kier alpha value is -0.950. The van der Waals surface area contributed by atoms with Gasteiger partial charge in [0, 0.05) is 4.90 Å². The number of benzene rings is 1. The number of hydrogen-bond donors (Lipinski definition) is 0. The third-order valence-corrected chi connectivity index (χ3v) is 4.93. The van der Waals surface area contributed by atoms with Crippen molar-refractivity contribution in [2.24, 2.45) is 5.92 Å². The molecule has 0 aliphatic rings.